The third-order valence-corrected chi connectivity index (χ3v) is 3.55. The van der Waals surface area contributed by atoms with Crippen molar-refractivity contribution in [1.29, 1.82) is 0 Å². The van der Waals surface area contributed by atoms with Gasteiger partial charge in [0, 0.05) is 12.6 Å². The minimum Gasteiger partial charge on any atom is -0.396 e. The van der Waals surface area contributed by atoms with Crippen molar-refractivity contribution in [2.24, 2.45) is 11.8 Å². The smallest absolute Gasteiger partial charge is 0.0474 e. The number of aliphatic hydroxyl groups excluding tert-OH is 1. The van der Waals surface area contributed by atoms with Crippen molar-refractivity contribution in [3.05, 3.63) is 0 Å². The van der Waals surface area contributed by atoms with Crippen LogP contribution in [-0.2, 0) is 0 Å². The molecule has 2 aliphatic carbocycles. The maximum absolute atomic E-state index is 9.12. The van der Waals surface area contributed by atoms with Gasteiger partial charge in [0.1, 0.15) is 0 Å². The van der Waals surface area contributed by atoms with Gasteiger partial charge in [0.05, 0.1) is 0 Å². The Bertz CT molecular complexity index is 156. The largest absolute Gasteiger partial charge is 0.396 e. The number of aliphatic hydroxyl groups is 1. The standard InChI is InChI=1S/C11H21NO/c13-8-10-2-1-3-11(10)12-7-6-9-4-5-9/h9-13H,1-8H2. The van der Waals surface area contributed by atoms with Crippen LogP contribution in [0.5, 0.6) is 0 Å². The van der Waals surface area contributed by atoms with Crippen LogP contribution in [-0.4, -0.2) is 24.3 Å². The van der Waals surface area contributed by atoms with Crippen LogP contribution in [0.3, 0.4) is 0 Å². The van der Waals surface area contributed by atoms with Crippen molar-refractivity contribution in [3.8, 4) is 0 Å². The van der Waals surface area contributed by atoms with E-state index in [0.29, 0.717) is 18.6 Å². The molecule has 0 heterocycles. The number of hydrogen-bond acceptors (Lipinski definition) is 2. The molecule has 2 atom stereocenters. The fraction of sp³-hybridized carbons (Fsp3) is 1.00. The second-order valence-corrected chi connectivity index (χ2v) is 4.67. The molecule has 2 N–H and O–H groups in total. The van der Waals surface area contributed by atoms with Crippen LogP contribution in [0.1, 0.15) is 38.5 Å². The molecule has 0 radical (unpaired) electrons. The Balaban J connectivity index is 1.61. The van der Waals surface area contributed by atoms with Gasteiger partial charge in [-0.25, -0.2) is 0 Å². The number of nitrogens with one attached hydrogen (secondary N) is 1. The molecule has 0 amide bonds. The molecule has 2 aliphatic rings. The first-order valence-electron chi connectivity index (χ1n) is 5.74. The molecule has 0 bridgehead atoms. The average Bonchev–Trinajstić information content (AvgIpc) is 2.84. The minimum absolute atomic E-state index is 0.376. The summed E-state index contributed by atoms with van der Waals surface area (Å²) >= 11 is 0. The summed E-state index contributed by atoms with van der Waals surface area (Å²) in [4.78, 5) is 0. The van der Waals surface area contributed by atoms with Gasteiger partial charge in [0.25, 0.3) is 0 Å². The average molecular weight is 183 g/mol. The second-order valence-electron chi connectivity index (χ2n) is 4.67. The summed E-state index contributed by atoms with van der Waals surface area (Å²) in [6.07, 6.45) is 8.06. The van der Waals surface area contributed by atoms with E-state index in [9.17, 15) is 0 Å². The molecule has 0 aromatic rings. The van der Waals surface area contributed by atoms with Crippen LogP contribution in [0.4, 0.5) is 0 Å². The van der Waals surface area contributed by atoms with Gasteiger partial charge in [-0.2, -0.15) is 0 Å². The first-order chi connectivity index (χ1) is 6.40. The Morgan fingerprint density at radius 1 is 1.15 bits per heavy atom. The zero-order valence-electron chi connectivity index (χ0n) is 8.34. The molecule has 0 aromatic carbocycles. The van der Waals surface area contributed by atoms with E-state index in [-0.39, 0.29) is 0 Å². The van der Waals surface area contributed by atoms with Crippen molar-refractivity contribution < 1.29 is 5.11 Å². The first-order valence-corrected chi connectivity index (χ1v) is 5.74. The van der Waals surface area contributed by atoms with E-state index < -0.39 is 0 Å². The Hall–Kier alpha value is -0.0800. The summed E-state index contributed by atoms with van der Waals surface area (Å²) < 4.78 is 0. The van der Waals surface area contributed by atoms with Gasteiger partial charge in [0.2, 0.25) is 0 Å². The Labute approximate surface area is 80.7 Å². The third kappa shape index (κ3) is 2.68. The quantitative estimate of drug-likeness (QED) is 0.677. The SMILES string of the molecule is OCC1CCCC1NCCC1CC1. The van der Waals surface area contributed by atoms with E-state index in [1.165, 1.54) is 45.1 Å². The zero-order chi connectivity index (χ0) is 9.10. The highest BCUT2D eigenvalue weighted by atomic mass is 16.3. The lowest BCUT2D eigenvalue weighted by atomic mass is 10.1. The van der Waals surface area contributed by atoms with E-state index in [2.05, 4.69) is 5.32 Å². The summed E-state index contributed by atoms with van der Waals surface area (Å²) in [7, 11) is 0. The van der Waals surface area contributed by atoms with Crippen LogP contribution in [0.15, 0.2) is 0 Å². The lowest BCUT2D eigenvalue weighted by Crippen LogP contribution is -2.34. The van der Waals surface area contributed by atoms with Crippen molar-refractivity contribution in [2.75, 3.05) is 13.2 Å². The molecule has 76 valence electrons. The number of hydrogen-bond donors (Lipinski definition) is 2. The molecule has 0 saturated heterocycles. The molecule has 2 heteroatoms. The molecule has 0 aromatic heterocycles. The summed E-state index contributed by atoms with van der Waals surface area (Å²) in [5.41, 5.74) is 0. The highest BCUT2D eigenvalue weighted by molar-refractivity contribution is 4.83. The molecule has 2 rings (SSSR count). The van der Waals surface area contributed by atoms with E-state index in [1.54, 1.807) is 0 Å². The Kier molecular flexibility index (Phi) is 3.23. The second kappa shape index (κ2) is 4.43. The Morgan fingerprint density at radius 2 is 2.00 bits per heavy atom. The monoisotopic (exact) mass is 183 g/mol. The molecular formula is C11H21NO. The van der Waals surface area contributed by atoms with Gasteiger partial charge in [-0.15, -0.1) is 0 Å². The van der Waals surface area contributed by atoms with E-state index >= 15 is 0 Å². The van der Waals surface area contributed by atoms with Gasteiger partial charge >= 0.3 is 0 Å². The molecule has 2 saturated carbocycles. The lowest BCUT2D eigenvalue weighted by molar-refractivity contribution is 0.205. The van der Waals surface area contributed by atoms with Gasteiger partial charge < -0.3 is 10.4 Å². The zero-order valence-corrected chi connectivity index (χ0v) is 8.34. The molecule has 2 fully saturated rings. The van der Waals surface area contributed by atoms with Gasteiger partial charge in [-0.1, -0.05) is 19.3 Å². The van der Waals surface area contributed by atoms with Crippen LogP contribution in [0.2, 0.25) is 0 Å². The van der Waals surface area contributed by atoms with Crippen molar-refractivity contribution in [1.82, 2.24) is 5.32 Å². The van der Waals surface area contributed by atoms with E-state index in [4.69, 9.17) is 5.11 Å². The van der Waals surface area contributed by atoms with Gasteiger partial charge in [-0.3, -0.25) is 0 Å². The van der Waals surface area contributed by atoms with Gasteiger partial charge in [0.15, 0.2) is 0 Å². The highest BCUT2D eigenvalue weighted by Gasteiger charge is 2.27. The predicted molar refractivity (Wildman–Crippen MR) is 53.6 cm³/mol. The van der Waals surface area contributed by atoms with Crippen LogP contribution < -0.4 is 5.32 Å². The highest BCUT2D eigenvalue weighted by Crippen LogP contribution is 2.32. The van der Waals surface area contributed by atoms with Crippen LogP contribution in [0.25, 0.3) is 0 Å². The summed E-state index contributed by atoms with van der Waals surface area (Å²) in [5, 5.41) is 12.7. The molecule has 0 spiro atoms. The fourth-order valence-corrected chi connectivity index (χ4v) is 2.40. The molecule has 13 heavy (non-hydrogen) atoms. The summed E-state index contributed by atoms with van der Waals surface area (Å²) in [6, 6.07) is 0.615. The van der Waals surface area contributed by atoms with Gasteiger partial charge in [-0.05, 0) is 37.6 Å². The normalized spacial score (nSPS) is 33.9. The third-order valence-electron chi connectivity index (χ3n) is 3.55. The van der Waals surface area contributed by atoms with Crippen LogP contribution in [0, 0.1) is 11.8 Å². The van der Waals surface area contributed by atoms with E-state index in [1.807, 2.05) is 0 Å². The van der Waals surface area contributed by atoms with Crippen molar-refractivity contribution in [3.63, 3.8) is 0 Å². The first kappa shape index (κ1) is 9.47. The predicted octanol–water partition coefficient (Wildman–Crippen LogP) is 1.54. The van der Waals surface area contributed by atoms with Crippen molar-refractivity contribution in [2.45, 2.75) is 44.6 Å². The Morgan fingerprint density at radius 3 is 2.69 bits per heavy atom. The fourth-order valence-electron chi connectivity index (χ4n) is 2.40. The molecule has 2 nitrogen and oxygen atoms in total. The number of rotatable bonds is 5. The summed E-state index contributed by atoms with van der Waals surface area (Å²) in [6.45, 7) is 1.55. The molecule has 2 unspecified atom stereocenters. The maximum atomic E-state index is 9.12. The topological polar surface area (TPSA) is 32.3 Å². The van der Waals surface area contributed by atoms with Crippen molar-refractivity contribution >= 4 is 0 Å². The maximum Gasteiger partial charge on any atom is 0.0474 e. The lowest BCUT2D eigenvalue weighted by Gasteiger charge is -2.18. The minimum atomic E-state index is 0.376. The van der Waals surface area contributed by atoms with Crippen LogP contribution >= 0.6 is 0 Å². The molecular weight excluding hydrogens is 162 g/mol. The summed E-state index contributed by atoms with van der Waals surface area (Å²) in [5.74, 6) is 1.57. The molecule has 0 aliphatic heterocycles. The van der Waals surface area contributed by atoms with E-state index in [0.717, 1.165) is 5.92 Å².